The molecule has 23 heavy (non-hydrogen) atoms. The van der Waals surface area contributed by atoms with Gasteiger partial charge in [0.25, 0.3) is 11.8 Å². The number of carboxylic acid groups (broad SMARTS) is 1. The normalized spacial score (nSPS) is 16.9. The Morgan fingerprint density at radius 1 is 1.17 bits per heavy atom. The number of hydrogen-bond donors (Lipinski definition) is 1. The summed E-state index contributed by atoms with van der Waals surface area (Å²) in [6.45, 7) is -0.104. The second-order valence-electron chi connectivity index (χ2n) is 5.56. The number of benzene rings is 1. The van der Waals surface area contributed by atoms with Crippen LogP contribution in [-0.2, 0) is 16.0 Å². The zero-order valence-corrected chi connectivity index (χ0v) is 12.6. The fraction of sp³-hybridized carbons (Fsp3) is 0.500. The number of carbonyl (C=O) groups is 2. The fourth-order valence-corrected chi connectivity index (χ4v) is 2.32. The number of ether oxygens (including phenoxy) is 1. The highest BCUT2D eigenvalue weighted by atomic mass is 19.3. The number of likely N-dealkylation sites (tertiary alicyclic amines) is 1. The van der Waals surface area contributed by atoms with Crippen LogP contribution in [0.15, 0.2) is 24.3 Å². The molecule has 7 heteroatoms. The molecule has 0 atom stereocenters. The number of carboxylic acids is 1. The molecule has 1 aliphatic heterocycles. The highest BCUT2D eigenvalue weighted by Crippen LogP contribution is 2.27. The summed E-state index contributed by atoms with van der Waals surface area (Å²) in [6, 6.07) is 6.80. The Hall–Kier alpha value is -2.18. The summed E-state index contributed by atoms with van der Waals surface area (Å²) in [6.07, 6.45) is -0.136. The maximum absolute atomic E-state index is 13.0. The summed E-state index contributed by atoms with van der Waals surface area (Å²) in [5.41, 5.74) is 0.865. The minimum Gasteiger partial charge on any atom is -0.484 e. The van der Waals surface area contributed by atoms with E-state index in [2.05, 4.69) is 0 Å². The van der Waals surface area contributed by atoms with Crippen LogP contribution >= 0.6 is 0 Å². The summed E-state index contributed by atoms with van der Waals surface area (Å²) >= 11 is 0. The second kappa shape index (κ2) is 7.39. The highest BCUT2D eigenvalue weighted by molar-refractivity contribution is 5.77. The minimum absolute atomic E-state index is 0.0450. The average molecular weight is 327 g/mol. The van der Waals surface area contributed by atoms with E-state index in [1.54, 1.807) is 24.3 Å². The third-order valence-electron chi connectivity index (χ3n) is 3.76. The Labute approximate surface area is 132 Å². The number of amides is 1. The molecular weight excluding hydrogens is 308 g/mol. The van der Waals surface area contributed by atoms with Gasteiger partial charge in [0.15, 0.2) is 6.61 Å². The van der Waals surface area contributed by atoms with Gasteiger partial charge >= 0.3 is 5.97 Å². The van der Waals surface area contributed by atoms with E-state index < -0.39 is 11.9 Å². The molecule has 126 valence electrons. The standard InChI is InChI=1S/C16H19F2NO4/c17-16(18)7-9-19(10-8-16)14(20)11-23-13-4-1-12(2-5-13)3-6-15(21)22/h1-2,4-5H,3,6-11H2,(H,21,22). The van der Waals surface area contributed by atoms with E-state index in [0.717, 1.165) is 5.56 Å². The molecule has 1 amide bonds. The number of carbonyl (C=O) groups excluding carboxylic acids is 1. The molecule has 0 aliphatic carbocycles. The number of hydrogen-bond acceptors (Lipinski definition) is 3. The minimum atomic E-state index is -2.68. The van der Waals surface area contributed by atoms with E-state index >= 15 is 0 Å². The molecule has 1 aromatic carbocycles. The molecule has 1 aromatic rings. The van der Waals surface area contributed by atoms with Gasteiger partial charge in [-0.2, -0.15) is 0 Å². The lowest BCUT2D eigenvalue weighted by Crippen LogP contribution is -2.44. The van der Waals surface area contributed by atoms with Gasteiger partial charge in [0.05, 0.1) is 0 Å². The van der Waals surface area contributed by atoms with Crippen molar-refractivity contribution in [3.63, 3.8) is 0 Å². The van der Waals surface area contributed by atoms with Crippen molar-refractivity contribution in [2.45, 2.75) is 31.6 Å². The number of aryl methyl sites for hydroxylation is 1. The van der Waals surface area contributed by atoms with Crippen LogP contribution in [0.5, 0.6) is 5.75 Å². The van der Waals surface area contributed by atoms with Gasteiger partial charge < -0.3 is 14.7 Å². The van der Waals surface area contributed by atoms with Crippen molar-refractivity contribution in [3.05, 3.63) is 29.8 Å². The third-order valence-corrected chi connectivity index (χ3v) is 3.76. The van der Waals surface area contributed by atoms with Crippen molar-refractivity contribution >= 4 is 11.9 Å². The lowest BCUT2D eigenvalue weighted by Gasteiger charge is -2.31. The molecule has 0 unspecified atom stereocenters. The van der Waals surface area contributed by atoms with Crippen molar-refractivity contribution < 1.29 is 28.2 Å². The van der Waals surface area contributed by atoms with Gasteiger partial charge in [-0.25, -0.2) is 8.78 Å². The van der Waals surface area contributed by atoms with Gasteiger partial charge in [-0.1, -0.05) is 12.1 Å². The molecule has 0 bridgehead atoms. The number of piperidine rings is 1. The van der Waals surface area contributed by atoms with Crippen molar-refractivity contribution in [3.8, 4) is 5.75 Å². The number of alkyl halides is 2. The van der Waals surface area contributed by atoms with Crippen LogP contribution in [0.3, 0.4) is 0 Å². The molecule has 5 nitrogen and oxygen atoms in total. The quantitative estimate of drug-likeness (QED) is 0.871. The van der Waals surface area contributed by atoms with Crippen molar-refractivity contribution in [2.75, 3.05) is 19.7 Å². The first-order valence-corrected chi connectivity index (χ1v) is 7.45. The Morgan fingerprint density at radius 2 is 1.78 bits per heavy atom. The summed E-state index contributed by atoms with van der Waals surface area (Å²) < 4.78 is 31.4. The molecule has 0 aromatic heterocycles. The fourth-order valence-electron chi connectivity index (χ4n) is 2.32. The molecule has 0 radical (unpaired) electrons. The van der Waals surface area contributed by atoms with E-state index in [1.807, 2.05) is 0 Å². The monoisotopic (exact) mass is 327 g/mol. The summed E-state index contributed by atoms with van der Waals surface area (Å²) in [5, 5.41) is 8.62. The summed E-state index contributed by atoms with van der Waals surface area (Å²) in [7, 11) is 0. The molecule has 0 spiro atoms. The first kappa shape index (κ1) is 17.2. The maximum atomic E-state index is 13.0. The van der Waals surface area contributed by atoms with Crippen LogP contribution in [-0.4, -0.2) is 47.5 Å². The number of rotatable bonds is 6. The Bertz CT molecular complexity index is 550. The van der Waals surface area contributed by atoms with E-state index in [9.17, 15) is 18.4 Å². The van der Waals surface area contributed by atoms with E-state index in [-0.39, 0.29) is 44.9 Å². The van der Waals surface area contributed by atoms with E-state index in [0.29, 0.717) is 12.2 Å². The van der Waals surface area contributed by atoms with Gasteiger partial charge in [0.2, 0.25) is 0 Å². The number of halogens is 2. The zero-order chi connectivity index (χ0) is 16.9. The van der Waals surface area contributed by atoms with Gasteiger partial charge in [0.1, 0.15) is 5.75 Å². The van der Waals surface area contributed by atoms with Crippen LogP contribution in [0.1, 0.15) is 24.8 Å². The second-order valence-corrected chi connectivity index (χ2v) is 5.56. The molecule has 2 rings (SSSR count). The third kappa shape index (κ3) is 5.50. The summed E-state index contributed by atoms with van der Waals surface area (Å²) in [4.78, 5) is 23.8. The maximum Gasteiger partial charge on any atom is 0.303 e. The van der Waals surface area contributed by atoms with Gasteiger partial charge in [-0.3, -0.25) is 9.59 Å². The van der Waals surface area contributed by atoms with Crippen molar-refractivity contribution in [2.24, 2.45) is 0 Å². The Balaban J connectivity index is 1.77. The molecular formula is C16H19F2NO4. The Morgan fingerprint density at radius 3 is 2.35 bits per heavy atom. The first-order chi connectivity index (χ1) is 10.9. The molecule has 0 saturated carbocycles. The first-order valence-electron chi connectivity index (χ1n) is 7.45. The van der Waals surface area contributed by atoms with E-state index in [4.69, 9.17) is 9.84 Å². The van der Waals surface area contributed by atoms with Crippen LogP contribution in [0.2, 0.25) is 0 Å². The van der Waals surface area contributed by atoms with Gasteiger partial charge in [0, 0.05) is 32.4 Å². The van der Waals surface area contributed by atoms with Crippen LogP contribution in [0.25, 0.3) is 0 Å². The molecule has 1 fully saturated rings. The molecule has 1 saturated heterocycles. The van der Waals surface area contributed by atoms with Gasteiger partial charge in [-0.15, -0.1) is 0 Å². The number of aliphatic carboxylic acids is 1. The van der Waals surface area contributed by atoms with E-state index in [1.165, 1.54) is 4.90 Å². The molecule has 1 aliphatic rings. The highest BCUT2D eigenvalue weighted by Gasteiger charge is 2.35. The van der Waals surface area contributed by atoms with Gasteiger partial charge in [-0.05, 0) is 24.1 Å². The molecule has 1 heterocycles. The topological polar surface area (TPSA) is 66.8 Å². The predicted octanol–water partition coefficient (Wildman–Crippen LogP) is 2.34. The lowest BCUT2D eigenvalue weighted by molar-refractivity contribution is -0.139. The molecule has 1 N–H and O–H groups in total. The largest absolute Gasteiger partial charge is 0.484 e. The smallest absolute Gasteiger partial charge is 0.303 e. The SMILES string of the molecule is O=C(O)CCc1ccc(OCC(=O)N2CCC(F)(F)CC2)cc1. The number of nitrogens with zero attached hydrogens (tertiary/aromatic N) is 1. The summed E-state index contributed by atoms with van der Waals surface area (Å²) in [5.74, 6) is -3.36. The zero-order valence-electron chi connectivity index (χ0n) is 12.6. The van der Waals surface area contributed by atoms with Crippen LogP contribution < -0.4 is 4.74 Å². The van der Waals surface area contributed by atoms with Crippen molar-refractivity contribution in [1.82, 2.24) is 4.90 Å². The predicted molar refractivity (Wildman–Crippen MR) is 78.7 cm³/mol. The lowest BCUT2D eigenvalue weighted by atomic mass is 10.1. The Kier molecular flexibility index (Phi) is 5.52. The van der Waals surface area contributed by atoms with Crippen LogP contribution in [0, 0.1) is 0 Å². The average Bonchev–Trinajstić information content (AvgIpc) is 2.51. The van der Waals surface area contributed by atoms with Crippen molar-refractivity contribution in [1.29, 1.82) is 0 Å². The van der Waals surface area contributed by atoms with Crippen LogP contribution in [0.4, 0.5) is 8.78 Å².